The number of allylic oxidation sites excluding steroid dienone is 1. The lowest BCUT2D eigenvalue weighted by Crippen LogP contribution is -2.37. The number of aliphatic imine (C=N–C) groups is 1. The van der Waals surface area contributed by atoms with Gasteiger partial charge in [0.2, 0.25) is 11.8 Å². The molecule has 10 nitrogen and oxygen atoms in total. The van der Waals surface area contributed by atoms with E-state index in [9.17, 15) is 31.2 Å². The van der Waals surface area contributed by atoms with Gasteiger partial charge in [-0.2, -0.15) is 0 Å². The first-order chi connectivity index (χ1) is 20.1. The van der Waals surface area contributed by atoms with E-state index in [0.29, 0.717) is 11.1 Å². The predicted molar refractivity (Wildman–Crippen MR) is 153 cm³/mol. The van der Waals surface area contributed by atoms with Crippen LogP contribution in [0.4, 0.5) is 13.2 Å². The molecule has 228 valence electrons. The Bertz CT molecular complexity index is 1860. The van der Waals surface area contributed by atoms with Crippen molar-refractivity contribution in [1.82, 2.24) is 19.6 Å². The molecule has 2 aliphatic rings. The Kier molecular flexibility index (Phi) is 7.80. The molecule has 0 bridgehead atoms. The first-order valence-corrected chi connectivity index (χ1v) is 15.0. The summed E-state index contributed by atoms with van der Waals surface area (Å²) in [5, 5.41) is 2.23. The minimum absolute atomic E-state index is 0.0142. The number of hydrogen-bond acceptors (Lipinski definition) is 7. The summed E-state index contributed by atoms with van der Waals surface area (Å²) < 4.78 is 75.2. The largest absolute Gasteiger partial charge is 0.480 e. The standard InChI is InChI=1S/C28H27ClF3N5O5S/c1-15(24(38)35-23-11-28(23,31)32)12-37-14-34-20-6-4-16(8-18(20)26(37)39)27(2)10-21(25(42-3)33-13-27)36-43(40,41)22-7-5-17(30)9-19(22)29/h4-9,13-15,23,36H,10-12H2,1-3H3,(H,35,38)/t15-,23+,27?/m1/s1. The van der Waals surface area contributed by atoms with Crippen LogP contribution in [-0.2, 0) is 31.5 Å². The van der Waals surface area contributed by atoms with E-state index >= 15 is 0 Å². The minimum Gasteiger partial charge on any atom is -0.480 e. The smallest absolute Gasteiger partial charge is 0.270 e. The Balaban J connectivity index is 1.41. The topological polar surface area (TPSA) is 132 Å². The van der Waals surface area contributed by atoms with Gasteiger partial charge in [-0.25, -0.2) is 31.6 Å². The van der Waals surface area contributed by atoms with Gasteiger partial charge in [0, 0.05) is 31.0 Å². The number of methoxy groups -OCH3 is 1. The van der Waals surface area contributed by atoms with Crippen molar-refractivity contribution < 1.29 is 31.1 Å². The molecule has 3 aromatic rings. The minimum atomic E-state index is -4.26. The van der Waals surface area contributed by atoms with Gasteiger partial charge in [-0.05, 0) is 35.9 Å². The van der Waals surface area contributed by atoms with E-state index in [1.54, 1.807) is 31.3 Å². The number of rotatable bonds is 9. The Hall–Kier alpha value is -3.91. The Morgan fingerprint density at radius 3 is 2.63 bits per heavy atom. The SMILES string of the molecule is COC1=C(NS(=O)(=O)c2ccc(F)cc2Cl)CC(C)(c2ccc3ncn(C[C@@H](C)C(=O)N[C@H]4CC4(F)F)c(=O)c3c2)C=N1. The Morgan fingerprint density at radius 1 is 1.26 bits per heavy atom. The van der Waals surface area contributed by atoms with Gasteiger partial charge in [0.1, 0.15) is 10.7 Å². The molecule has 43 heavy (non-hydrogen) atoms. The van der Waals surface area contributed by atoms with Crippen LogP contribution in [0.25, 0.3) is 10.9 Å². The molecule has 0 saturated heterocycles. The fourth-order valence-electron chi connectivity index (χ4n) is 4.82. The first kappa shape index (κ1) is 30.5. The number of ether oxygens (including phenoxy) is 1. The highest BCUT2D eigenvalue weighted by Gasteiger charge is 2.58. The van der Waals surface area contributed by atoms with Crippen LogP contribution in [0.5, 0.6) is 0 Å². The van der Waals surface area contributed by atoms with E-state index in [1.807, 2.05) is 0 Å². The molecular weight excluding hydrogens is 611 g/mol. The van der Waals surface area contributed by atoms with Crippen LogP contribution in [0.3, 0.4) is 0 Å². The molecule has 5 rings (SSSR count). The first-order valence-electron chi connectivity index (χ1n) is 13.1. The third kappa shape index (κ3) is 6.11. The van der Waals surface area contributed by atoms with Crippen molar-refractivity contribution in [2.24, 2.45) is 10.9 Å². The summed E-state index contributed by atoms with van der Waals surface area (Å²) in [6.07, 6.45) is 2.52. The second kappa shape index (κ2) is 11.0. The summed E-state index contributed by atoms with van der Waals surface area (Å²) in [6, 6.07) is 6.71. The van der Waals surface area contributed by atoms with Gasteiger partial charge in [0.15, 0.2) is 0 Å². The summed E-state index contributed by atoms with van der Waals surface area (Å²) in [7, 11) is -2.93. The molecule has 1 aliphatic carbocycles. The zero-order valence-electron chi connectivity index (χ0n) is 23.2. The lowest BCUT2D eigenvalue weighted by Gasteiger charge is -2.31. The average molecular weight is 638 g/mol. The number of benzene rings is 2. The molecule has 1 unspecified atom stereocenters. The summed E-state index contributed by atoms with van der Waals surface area (Å²) in [5.41, 5.74) is -0.265. The zero-order chi connectivity index (χ0) is 31.3. The molecule has 1 aromatic heterocycles. The maximum absolute atomic E-state index is 13.5. The van der Waals surface area contributed by atoms with Gasteiger partial charge in [-0.15, -0.1) is 0 Å². The van der Waals surface area contributed by atoms with E-state index in [1.165, 1.54) is 24.9 Å². The van der Waals surface area contributed by atoms with Gasteiger partial charge < -0.3 is 10.1 Å². The van der Waals surface area contributed by atoms with Crippen molar-refractivity contribution in [2.45, 2.75) is 55.5 Å². The highest BCUT2D eigenvalue weighted by atomic mass is 35.5. The summed E-state index contributed by atoms with van der Waals surface area (Å²) in [4.78, 5) is 34.1. The van der Waals surface area contributed by atoms with E-state index in [0.717, 1.165) is 18.2 Å². The predicted octanol–water partition coefficient (Wildman–Crippen LogP) is 3.88. The number of alkyl halides is 2. The number of sulfonamides is 1. The van der Waals surface area contributed by atoms with Crippen molar-refractivity contribution in [3.63, 3.8) is 0 Å². The van der Waals surface area contributed by atoms with E-state index < -0.39 is 57.0 Å². The monoisotopic (exact) mass is 637 g/mol. The van der Waals surface area contributed by atoms with Crippen LogP contribution < -0.4 is 15.6 Å². The molecule has 1 saturated carbocycles. The maximum Gasteiger partial charge on any atom is 0.270 e. The van der Waals surface area contributed by atoms with Crippen LogP contribution in [-0.4, -0.2) is 49.2 Å². The molecule has 1 aliphatic heterocycles. The Morgan fingerprint density at radius 2 is 1.98 bits per heavy atom. The van der Waals surface area contributed by atoms with E-state index in [2.05, 4.69) is 20.0 Å². The lowest BCUT2D eigenvalue weighted by atomic mass is 9.78. The number of nitrogens with zero attached hydrogens (tertiary/aromatic N) is 3. The number of carbonyl (C=O) groups is 1. The molecule has 15 heteroatoms. The van der Waals surface area contributed by atoms with Crippen molar-refractivity contribution >= 4 is 44.6 Å². The van der Waals surface area contributed by atoms with Crippen molar-refractivity contribution in [2.75, 3.05) is 7.11 Å². The van der Waals surface area contributed by atoms with Crippen LogP contribution in [0.2, 0.25) is 5.02 Å². The molecule has 1 fully saturated rings. The molecule has 2 N–H and O–H groups in total. The number of carbonyl (C=O) groups excluding carboxylic acids is 1. The average Bonchev–Trinajstić information content (AvgIpc) is 3.54. The summed E-state index contributed by atoms with van der Waals surface area (Å²) >= 11 is 6.00. The fraction of sp³-hybridized carbons (Fsp3) is 0.357. The van der Waals surface area contributed by atoms with Crippen LogP contribution >= 0.6 is 11.6 Å². The second-order valence-electron chi connectivity index (χ2n) is 10.9. The molecule has 1 amide bonds. The van der Waals surface area contributed by atoms with Crippen LogP contribution in [0, 0.1) is 11.7 Å². The summed E-state index contributed by atoms with van der Waals surface area (Å²) in [6.45, 7) is 3.24. The van der Waals surface area contributed by atoms with E-state index in [4.69, 9.17) is 16.3 Å². The highest BCUT2D eigenvalue weighted by molar-refractivity contribution is 7.89. The quantitative estimate of drug-likeness (QED) is 0.366. The van der Waals surface area contributed by atoms with Crippen molar-refractivity contribution in [3.8, 4) is 0 Å². The van der Waals surface area contributed by atoms with E-state index in [-0.39, 0.29) is 39.9 Å². The van der Waals surface area contributed by atoms with Gasteiger partial charge in [-0.3, -0.25) is 18.9 Å². The number of fused-ring (bicyclic) bond motifs is 1. The lowest BCUT2D eigenvalue weighted by molar-refractivity contribution is -0.125. The van der Waals surface area contributed by atoms with Crippen LogP contribution in [0.15, 0.2) is 69.0 Å². The highest BCUT2D eigenvalue weighted by Crippen LogP contribution is 2.41. The number of aromatic nitrogens is 2. The van der Waals surface area contributed by atoms with Crippen LogP contribution in [0.1, 0.15) is 32.3 Å². The molecule has 2 heterocycles. The normalized spacial score (nSPS) is 21.9. The number of hydrogen-bond donors (Lipinski definition) is 2. The van der Waals surface area contributed by atoms with Gasteiger partial charge in [0.25, 0.3) is 21.5 Å². The van der Waals surface area contributed by atoms with Gasteiger partial charge in [-0.1, -0.05) is 31.5 Å². The third-order valence-electron chi connectivity index (χ3n) is 7.45. The maximum atomic E-state index is 13.5. The molecule has 0 radical (unpaired) electrons. The third-order valence-corrected chi connectivity index (χ3v) is 9.32. The van der Waals surface area contributed by atoms with Gasteiger partial charge >= 0.3 is 0 Å². The zero-order valence-corrected chi connectivity index (χ0v) is 24.8. The van der Waals surface area contributed by atoms with Crippen molar-refractivity contribution in [3.05, 3.63) is 81.1 Å². The molecule has 2 aromatic carbocycles. The van der Waals surface area contributed by atoms with Crippen molar-refractivity contribution in [1.29, 1.82) is 0 Å². The number of nitrogens with one attached hydrogen (secondary N) is 2. The Labute approximate surface area is 249 Å². The van der Waals surface area contributed by atoms with Gasteiger partial charge in [0.05, 0.1) is 47.0 Å². The molecular formula is C28H27ClF3N5O5S. The number of amides is 1. The molecule has 3 atom stereocenters. The second-order valence-corrected chi connectivity index (χ2v) is 12.9. The molecule has 0 spiro atoms. The summed E-state index contributed by atoms with van der Waals surface area (Å²) in [5.74, 6) is -4.95. The fourth-order valence-corrected chi connectivity index (χ4v) is 6.44. The number of halogens is 4.